The van der Waals surface area contributed by atoms with Gasteiger partial charge in [-0.1, -0.05) is 103 Å². The standard InChI is InChI=1S/C31H33NO3/c1-3-20-32-28(4-2)30(34-22-26-16-10-6-11-17-26)31(35-23-27-18-12-7-13-19-27)29(32)24-33-21-25-14-8-5-9-15-25/h1,4-19,28-31H,2,20-24H2/t28-,29-,30-,31+/m0/s1. The quantitative estimate of drug-likeness (QED) is 0.269. The highest BCUT2D eigenvalue weighted by Crippen LogP contribution is 2.32. The smallest absolute Gasteiger partial charge is 0.105 e. The third-order valence-corrected chi connectivity index (χ3v) is 6.33. The van der Waals surface area contributed by atoms with Gasteiger partial charge in [-0.25, -0.2) is 0 Å². The summed E-state index contributed by atoms with van der Waals surface area (Å²) in [5, 5.41) is 0. The molecule has 4 heteroatoms. The Bertz CT molecular complexity index is 1060. The molecule has 4 rings (SSSR count). The highest BCUT2D eigenvalue weighted by Gasteiger charge is 2.49. The second-order valence-electron chi connectivity index (χ2n) is 8.69. The lowest BCUT2D eigenvalue weighted by Gasteiger charge is -2.28. The van der Waals surface area contributed by atoms with Crippen LogP contribution in [0.25, 0.3) is 0 Å². The molecule has 1 aliphatic rings. The maximum atomic E-state index is 6.55. The summed E-state index contributed by atoms with van der Waals surface area (Å²) >= 11 is 0. The molecule has 0 spiro atoms. The Morgan fingerprint density at radius 1 is 0.743 bits per heavy atom. The maximum absolute atomic E-state index is 6.55. The minimum absolute atomic E-state index is 0.0674. The summed E-state index contributed by atoms with van der Waals surface area (Å²) in [5.41, 5.74) is 3.36. The van der Waals surface area contributed by atoms with Gasteiger partial charge in [0.15, 0.2) is 0 Å². The van der Waals surface area contributed by atoms with E-state index in [-0.39, 0.29) is 24.3 Å². The van der Waals surface area contributed by atoms with Crippen molar-refractivity contribution in [2.45, 2.75) is 44.1 Å². The summed E-state index contributed by atoms with van der Waals surface area (Å²) in [7, 11) is 0. The van der Waals surface area contributed by atoms with E-state index in [0.717, 1.165) is 16.7 Å². The monoisotopic (exact) mass is 467 g/mol. The van der Waals surface area contributed by atoms with Gasteiger partial charge in [0, 0.05) is 0 Å². The lowest BCUT2D eigenvalue weighted by atomic mass is 10.1. The Morgan fingerprint density at radius 3 is 1.71 bits per heavy atom. The van der Waals surface area contributed by atoms with Crippen molar-refractivity contribution < 1.29 is 14.2 Å². The highest BCUT2D eigenvalue weighted by atomic mass is 16.5. The molecule has 0 saturated carbocycles. The molecule has 0 amide bonds. The Hall–Kier alpha value is -3.20. The second-order valence-corrected chi connectivity index (χ2v) is 8.69. The fourth-order valence-corrected chi connectivity index (χ4v) is 4.60. The van der Waals surface area contributed by atoms with E-state index in [1.807, 2.05) is 60.7 Å². The summed E-state index contributed by atoms with van der Waals surface area (Å²) < 4.78 is 19.2. The Morgan fingerprint density at radius 2 is 1.23 bits per heavy atom. The summed E-state index contributed by atoms with van der Waals surface area (Å²) in [6.07, 6.45) is 7.24. The normalized spacial score (nSPS) is 22.0. The van der Waals surface area contributed by atoms with Gasteiger partial charge < -0.3 is 14.2 Å². The van der Waals surface area contributed by atoms with Gasteiger partial charge in [0.25, 0.3) is 0 Å². The van der Waals surface area contributed by atoms with Crippen LogP contribution in [0, 0.1) is 12.3 Å². The molecule has 1 saturated heterocycles. The van der Waals surface area contributed by atoms with E-state index in [4.69, 9.17) is 20.6 Å². The molecule has 4 atom stereocenters. The molecule has 1 aliphatic heterocycles. The Balaban J connectivity index is 1.54. The van der Waals surface area contributed by atoms with E-state index in [2.05, 4.69) is 53.8 Å². The van der Waals surface area contributed by atoms with E-state index in [0.29, 0.717) is 33.0 Å². The van der Waals surface area contributed by atoms with Crippen LogP contribution in [0.15, 0.2) is 104 Å². The molecule has 180 valence electrons. The zero-order chi connectivity index (χ0) is 24.3. The van der Waals surface area contributed by atoms with Gasteiger partial charge in [-0.2, -0.15) is 0 Å². The molecule has 1 heterocycles. The number of benzene rings is 3. The van der Waals surface area contributed by atoms with Crippen LogP contribution >= 0.6 is 0 Å². The van der Waals surface area contributed by atoms with Gasteiger partial charge in [-0.15, -0.1) is 13.0 Å². The van der Waals surface area contributed by atoms with E-state index >= 15 is 0 Å². The van der Waals surface area contributed by atoms with Crippen molar-refractivity contribution in [1.29, 1.82) is 0 Å². The third-order valence-electron chi connectivity index (χ3n) is 6.33. The first-order valence-corrected chi connectivity index (χ1v) is 12.0. The van der Waals surface area contributed by atoms with Crippen LogP contribution in [0.2, 0.25) is 0 Å². The molecular weight excluding hydrogens is 434 g/mol. The van der Waals surface area contributed by atoms with Crippen molar-refractivity contribution in [3.05, 3.63) is 120 Å². The van der Waals surface area contributed by atoms with Crippen LogP contribution in [-0.2, 0) is 34.0 Å². The van der Waals surface area contributed by atoms with Gasteiger partial charge in [-0.3, -0.25) is 4.90 Å². The molecule has 4 nitrogen and oxygen atoms in total. The number of terminal acetylenes is 1. The van der Waals surface area contributed by atoms with Gasteiger partial charge in [0.2, 0.25) is 0 Å². The van der Waals surface area contributed by atoms with E-state index in [1.165, 1.54) is 0 Å². The van der Waals surface area contributed by atoms with Gasteiger partial charge >= 0.3 is 0 Å². The van der Waals surface area contributed by atoms with E-state index < -0.39 is 0 Å². The number of hydrogen-bond acceptors (Lipinski definition) is 4. The molecule has 0 aromatic heterocycles. The van der Waals surface area contributed by atoms with Gasteiger partial charge in [0.05, 0.1) is 45.1 Å². The topological polar surface area (TPSA) is 30.9 Å². The summed E-state index contributed by atoms with van der Waals surface area (Å²) in [5.74, 6) is 2.81. The zero-order valence-corrected chi connectivity index (χ0v) is 20.0. The van der Waals surface area contributed by atoms with Crippen LogP contribution in [0.3, 0.4) is 0 Å². The molecule has 1 fully saturated rings. The molecule has 3 aromatic rings. The SMILES string of the molecule is C#CCN1[C@@H](C=C)[C@H](OCc2ccccc2)[C@H](OCc2ccccc2)[C@@H]1COCc1ccccc1. The predicted molar refractivity (Wildman–Crippen MR) is 139 cm³/mol. The second kappa shape index (κ2) is 13.0. The number of likely N-dealkylation sites (tertiary alicyclic amines) is 1. The van der Waals surface area contributed by atoms with Crippen LogP contribution in [0.4, 0.5) is 0 Å². The van der Waals surface area contributed by atoms with Crippen molar-refractivity contribution in [3.63, 3.8) is 0 Å². The summed E-state index contributed by atoms with van der Waals surface area (Å²) in [6, 6.07) is 30.4. The van der Waals surface area contributed by atoms with Gasteiger partial charge in [0.1, 0.15) is 12.2 Å². The first kappa shape index (κ1) is 24.9. The first-order valence-electron chi connectivity index (χ1n) is 12.0. The average molecular weight is 468 g/mol. The van der Waals surface area contributed by atoms with Crippen molar-refractivity contribution in [1.82, 2.24) is 4.90 Å². The van der Waals surface area contributed by atoms with Crippen LogP contribution < -0.4 is 0 Å². The maximum Gasteiger partial charge on any atom is 0.105 e. The molecular formula is C31H33NO3. The molecule has 35 heavy (non-hydrogen) atoms. The Labute approximate surface area is 209 Å². The number of rotatable bonds is 12. The first-order chi connectivity index (χ1) is 17.3. The van der Waals surface area contributed by atoms with Gasteiger partial charge in [-0.05, 0) is 16.7 Å². The minimum Gasteiger partial charge on any atom is -0.375 e. The largest absolute Gasteiger partial charge is 0.375 e. The van der Waals surface area contributed by atoms with E-state index in [1.54, 1.807) is 0 Å². The molecule has 0 bridgehead atoms. The Kier molecular flexibility index (Phi) is 9.28. The minimum atomic E-state index is -0.231. The average Bonchev–Trinajstić information content (AvgIpc) is 3.19. The molecule has 0 radical (unpaired) electrons. The summed E-state index contributed by atoms with van der Waals surface area (Å²) in [4.78, 5) is 2.23. The molecule has 0 aliphatic carbocycles. The highest BCUT2D eigenvalue weighted by molar-refractivity contribution is 5.17. The number of hydrogen-bond donors (Lipinski definition) is 0. The number of nitrogens with zero attached hydrogens (tertiary/aromatic N) is 1. The lowest BCUT2D eigenvalue weighted by molar-refractivity contribution is -0.0841. The summed E-state index contributed by atoms with van der Waals surface area (Å²) in [6.45, 7) is 6.55. The van der Waals surface area contributed by atoms with Crippen molar-refractivity contribution in [2.75, 3.05) is 13.2 Å². The zero-order valence-electron chi connectivity index (χ0n) is 20.0. The fraction of sp³-hybridized carbons (Fsp3) is 0.290. The van der Waals surface area contributed by atoms with Crippen molar-refractivity contribution in [2.24, 2.45) is 0 Å². The molecule has 3 aromatic carbocycles. The van der Waals surface area contributed by atoms with Crippen molar-refractivity contribution in [3.8, 4) is 12.3 Å². The van der Waals surface area contributed by atoms with E-state index in [9.17, 15) is 0 Å². The fourth-order valence-electron chi connectivity index (χ4n) is 4.60. The van der Waals surface area contributed by atoms with Crippen LogP contribution in [0.1, 0.15) is 16.7 Å². The molecule has 0 N–H and O–H groups in total. The van der Waals surface area contributed by atoms with Crippen molar-refractivity contribution >= 4 is 0 Å². The predicted octanol–water partition coefficient (Wildman–Crippen LogP) is 5.25. The third kappa shape index (κ3) is 6.69. The number of ether oxygens (including phenoxy) is 3. The molecule has 0 unspecified atom stereocenters. The lowest BCUT2D eigenvalue weighted by Crippen LogP contribution is -2.42. The van der Waals surface area contributed by atoms with Crippen LogP contribution in [-0.4, -0.2) is 42.3 Å². The van der Waals surface area contributed by atoms with Crippen LogP contribution in [0.5, 0.6) is 0 Å².